The van der Waals surface area contributed by atoms with Gasteiger partial charge in [0.25, 0.3) is 0 Å². The van der Waals surface area contributed by atoms with Crippen LogP contribution >= 0.6 is 0 Å². The highest BCUT2D eigenvalue weighted by Gasteiger charge is 2.22. The minimum absolute atomic E-state index is 0.738. The number of H-pyrrole nitrogens is 1. The van der Waals surface area contributed by atoms with Gasteiger partial charge in [-0.15, -0.1) is 0 Å². The molecule has 0 fully saturated rings. The number of rotatable bonds is 0. The summed E-state index contributed by atoms with van der Waals surface area (Å²) in [5, 5.41) is 4.84. The van der Waals surface area contributed by atoms with Crippen molar-refractivity contribution in [2.45, 2.75) is 0 Å². The van der Waals surface area contributed by atoms with Gasteiger partial charge in [-0.2, -0.15) is 0 Å². The summed E-state index contributed by atoms with van der Waals surface area (Å²) < 4.78 is 12.2. The maximum Gasteiger partial charge on any atom is 0.194 e. The topological polar surface area (TPSA) is 34.2 Å². The molecule has 5 aromatic rings. The van der Waals surface area contributed by atoms with E-state index in [1.165, 1.54) is 16.2 Å². The molecule has 3 nitrogen and oxygen atoms in total. The normalized spacial score (nSPS) is 12.6. The summed E-state index contributed by atoms with van der Waals surface area (Å²) in [6, 6.07) is 24.6. The number of aromatic nitrogens is 1. The van der Waals surface area contributed by atoms with Crippen LogP contribution in [-0.4, -0.2) is 4.98 Å². The molecule has 0 spiro atoms. The maximum absolute atomic E-state index is 6.18. The summed E-state index contributed by atoms with van der Waals surface area (Å²) >= 11 is 0. The molecule has 0 aliphatic carbocycles. The summed E-state index contributed by atoms with van der Waals surface area (Å²) in [5.41, 5.74) is 2.07. The average molecular weight is 323 g/mol. The van der Waals surface area contributed by atoms with Crippen LogP contribution in [0.25, 0.3) is 32.6 Å². The van der Waals surface area contributed by atoms with E-state index in [-0.39, 0.29) is 0 Å². The number of aromatic amines is 1. The molecule has 1 aliphatic heterocycles. The van der Waals surface area contributed by atoms with Crippen LogP contribution in [0.15, 0.2) is 72.8 Å². The Kier molecular flexibility index (Phi) is 2.35. The highest BCUT2D eigenvalue weighted by Crippen LogP contribution is 2.49. The smallest absolute Gasteiger partial charge is 0.194 e. The lowest BCUT2D eigenvalue weighted by atomic mass is 10.0. The molecule has 118 valence electrons. The van der Waals surface area contributed by atoms with Gasteiger partial charge in [0.15, 0.2) is 23.0 Å². The summed E-state index contributed by atoms with van der Waals surface area (Å²) in [6.07, 6.45) is 0. The van der Waals surface area contributed by atoms with Crippen LogP contribution in [0.5, 0.6) is 23.0 Å². The van der Waals surface area contributed by atoms with Crippen molar-refractivity contribution >= 4 is 32.6 Å². The number of hydrogen-bond acceptors (Lipinski definition) is 2. The third-order valence-electron chi connectivity index (χ3n) is 4.86. The predicted octanol–water partition coefficient (Wildman–Crippen LogP) is 6.37. The number of hydrogen-bond donors (Lipinski definition) is 1. The highest BCUT2D eigenvalue weighted by atomic mass is 16.6. The quantitative estimate of drug-likeness (QED) is 0.352. The molecule has 1 aromatic heterocycles. The van der Waals surface area contributed by atoms with Gasteiger partial charge in [0, 0.05) is 16.3 Å². The fraction of sp³-hybridized carbons (Fsp3) is 0. The van der Waals surface area contributed by atoms with Crippen LogP contribution < -0.4 is 9.47 Å². The molecule has 0 amide bonds. The SMILES string of the molecule is c1ccc2c(c1)Oc1ccc3c([nH]c4ccc5ccccc5c43)c1O2. The summed E-state index contributed by atoms with van der Waals surface area (Å²) in [7, 11) is 0. The Balaban J connectivity index is 1.71. The van der Waals surface area contributed by atoms with E-state index >= 15 is 0 Å². The van der Waals surface area contributed by atoms with Gasteiger partial charge >= 0.3 is 0 Å². The Morgan fingerprint density at radius 1 is 0.600 bits per heavy atom. The van der Waals surface area contributed by atoms with E-state index in [1.807, 2.05) is 30.3 Å². The Bertz CT molecular complexity index is 1300. The molecule has 0 bridgehead atoms. The lowest BCUT2D eigenvalue weighted by molar-refractivity contribution is 0.363. The first-order chi connectivity index (χ1) is 12.4. The molecule has 6 rings (SSSR count). The van der Waals surface area contributed by atoms with Crippen molar-refractivity contribution < 1.29 is 9.47 Å². The van der Waals surface area contributed by atoms with Crippen molar-refractivity contribution in [2.24, 2.45) is 0 Å². The molecule has 2 heterocycles. The van der Waals surface area contributed by atoms with E-state index in [2.05, 4.69) is 47.4 Å². The van der Waals surface area contributed by atoms with E-state index in [0.717, 1.165) is 39.4 Å². The van der Waals surface area contributed by atoms with Crippen molar-refractivity contribution in [3.05, 3.63) is 72.8 Å². The molecule has 1 N–H and O–H groups in total. The molecule has 0 saturated heterocycles. The second-order valence-electron chi connectivity index (χ2n) is 6.30. The van der Waals surface area contributed by atoms with Crippen molar-refractivity contribution in [1.29, 1.82) is 0 Å². The second-order valence-corrected chi connectivity index (χ2v) is 6.30. The van der Waals surface area contributed by atoms with Gasteiger partial charge < -0.3 is 14.5 Å². The molecule has 0 unspecified atom stereocenters. The Hall–Kier alpha value is -3.46. The van der Waals surface area contributed by atoms with Crippen molar-refractivity contribution in [3.63, 3.8) is 0 Å². The standard InChI is InChI=1S/C22H13NO2/c1-2-6-14-13(5-1)9-11-16-20(14)15-10-12-19-22(21(15)23-16)25-18-8-4-3-7-17(18)24-19/h1-12,23H. The van der Waals surface area contributed by atoms with Crippen LogP contribution in [0.4, 0.5) is 0 Å². The summed E-state index contributed by atoms with van der Waals surface area (Å²) in [4.78, 5) is 3.52. The number of fused-ring (bicyclic) bond motifs is 8. The van der Waals surface area contributed by atoms with Crippen molar-refractivity contribution in [1.82, 2.24) is 4.98 Å². The molecule has 0 radical (unpaired) electrons. The zero-order valence-corrected chi connectivity index (χ0v) is 13.2. The van der Waals surface area contributed by atoms with Gasteiger partial charge in [0.2, 0.25) is 0 Å². The largest absolute Gasteiger partial charge is 0.449 e. The Morgan fingerprint density at radius 3 is 2.32 bits per heavy atom. The molecular formula is C22H13NO2. The summed E-state index contributed by atoms with van der Waals surface area (Å²) in [6.45, 7) is 0. The minimum Gasteiger partial charge on any atom is -0.449 e. The third kappa shape index (κ3) is 1.69. The Labute approximate surface area is 143 Å². The summed E-state index contributed by atoms with van der Waals surface area (Å²) in [5.74, 6) is 2.97. The first-order valence-corrected chi connectivity index (χ1v) is 8.29. The lowest BCUT2D eigenvalue weighted by Gasteiger charge is -2.20. The zero-order valence-electron chi connectivity index (χ0n) is 13.2. The van der Waals surface area contributed by atoms with Gasteiger partial charge in [0.05, 0.1) is 5.52 Å². The molecule has 0 saturated carbocycles. The van der Waals surface area contributed by atoms with E-state index in [1.54, 1.807) is 0 Å². The van der Waals surface area contributed by atoms with E-state index in [9.17, 15) is 0 Å². The van der Waals surface area contributed by atoms with Gasteiger partial charge in [-0.1, -0.05) is 42.5 Å². The van der Waals surface area contributed by atoms with Gasteiger partial charge in [-0.3, -0.25) is 0 Å². The van der Waals surface area contributed by atoms with Crippen molar-refractivity contribution in [3.8, 4) is 23.0 Å². The molecule has 3 heteroatoms. The number of nitrogens with one attached hydrogen (secondary N) is 1. The monoisotopic (exact) mass is 323 g/mol. The first kappa shape index (κ1) is 12.9. The average Bonchev–Trinajstić information content (AvgIpc) is 3.06. The minimum atomic E-state index is 0.738. The number of benzene rings is 4. The van der Waals surface area contributed by atoms with E-state index in [4.69, 9.17) is 9.47 Å². The van der Waals surface area contributed by atoms with Crippen molar-refractivity contribution in [2.75, 3.05) is 0 Å². The molecule has 25 heavy (non-hydrogen) atoms. The number of ether oxygens (including phenoxy) is 2. The van der Waals surface area contributed by atoms with Crippen LogP contribution in [0.3, 0.4) is 0 Å². The molecule has 4 aromatic carbocycles. The van der Waals surface area contributed by atoms with Crippen LogP contribution in [0.2, 0.25) is 0 Å². The van der Waals surface area contributed by atoms with Gasteiger partial charge in [-0.05, 0) is 41.1 Å². The molecule has 0 atom stereocenters. The molecule has 1 aliphatic rings. The van der Waals surface area contributed by atoms with Crippen LogP contribution in [0, 0.1) is 0 Å². The van der Waals surface area contributed by atoms with E-state index in [0.29, 0.717) is 0 Å². The highest BCUT2D eigenvalue weighted by molar-refractivity contribution is 6.21. The maximum atomic E-state index is 6.18. The first-order valence-electron chi connectivity index (χ1n) is 8.29. The van der Waals surface area contributed by atoms with E-state index < -0.39 is 0 Å². The number of para-hydroxylation sites is 2. The van der Waals surface area contributed by atoms with Gasteiger partial charge in [-0.25, -0.2) is 0 Å². The fourth-order valence-corrected chi connectivity index (χ4v) is 3.73. The second kappa shape index (κ2) is 4.54. The Morgan fingerprint density at radius 2 is 1.40 bits per heavy atom. The molecular weight excluding hydrogens is 310 g/mol. The zero-order chi connectivity index (χ0) is 16.4. The van der Waals surface area contributed by atoms with Crippen LogP contribution in [-0.2, 0) is 0 Å². The predicted molar refractivity (Wildman–Crippen MR) is 99.9 cm³/mol. The lowest BCUT2D eigenvalue weighted by Crippen LogP contribution is -1.98. The van der Waals surface area contributed by atoms with Crippen LogP contribution in [0.1, 0.15) is 0 Å². The third-order valence-corrected chi connectivity index (χ3v) is 4.86. The van der Waals surface area contributed by atoms with Gasteiger partial charge in [0.1, 0.15) is 0 Å². The fourth-order valence-electron chi connectivity index (χ4n) is 3.73.